The van der Waals surface area contributed by atoms with Crippen LogP contribution in [0.15, 0.2) is 41.0 Å². The topological polar surface area (TPSA) is 22.1 Å². The van der Waals surface area contributed by atoms with E-state index in [9.17, 15) is 17.6 Å². The van der Waals surface area contributed by atoms with Crippen LogP contribution in [-0.4, -0.2) is 4.98 Å². The normalized spacial score (nSPS) is 11.4. The van der Waals surface area contributed by atoms with Gasteiger partial charge in [0.2, 0.25) is 5.88 Å². The number of hydrogen-bond donors (Lipinski definition) is 0. The summed E-state index contributed by atoms with van der Waals surface area (Å²) in [6.07, 6.45) is -4.40. The zero-order chi connectivity index (χ0) is 14.8. The van der Waals surface area contributed by atoms with Crippen molar-refractivity contribution in [1.29, 1.82) is 0 Å². The molecule has 2 nitrogen and oxygen atoms in total. The van der Waals surface area contributed by atoms with Crippen LogP contribution in [-0.2, 0) is 12.8 Å². The lowest BCUT2D eigenvalue weighted by Crippen LogP contribution is -2.06. The molecule has 0 aliphatic rings. The summed E-state index contributed by atoms with van der Waals surface area (Å²) in [6.45, 7) is -0.0883. The Morgan fingerprint density at radius 1 is 1.15 bits per heavy atom. The minimum atomic E-state index is -4.40. The van der Waals surface area contributed by atoms with Gasteiger partial charge < -0.3 is 4.74 Å². The van der Waals surface area contributed by atoms with Gasteiger partial charge in [0.05, 0.1) is 5.56 Å². The molecule has 0 amide bonds. The van der Waals surface area contributed by atoms with Crippen LogP contribution in [0.25, 0.3) is 0 Å². The molecule has 0 N–H and O–H groups in total. The molecule has 1 heterocycles. The van der Waals surface area contributed by atoms with Crippen molar-refractivity contribution in [3.63, 3.8) is 0 Å². The third-order valence-electron chi connectivity index (χ3n) is 2.42. The van der Waals surface area contributed by atoms with Gasteiger partial charge in [-0.05, 0) is 39.7 Å². The predicted octanol–water partition coefficient (Wildman–Crippen LogP) is 4.58. The van der Waals surface area contributed by atoms with Gasteiger partial charge in [-0.3, -0.25) is 0 Å². The Morgan fingerprint density at radius 3 is 2.55 bits per heavy atom. The van der Waals surface area contributed by atoms with Gasteiger partial charge in [0, 0.05) is 6.07 Å². The minimum absolute atomic E-state index is 0.0148. The van der Waals surface area contributed by atoms with Gasteiger partial charge in [-0.25, -0.2) is 9.37 Å². The van der Waals surface area contributed by atoms with Crippen molar-refractivity contribution >= 4 is 15.9 Å². The van der Waals surface area contributed by atoms with E-state index in [2.05, 4.69) is 20.9 Å². The Morgan fingerprint density at radius 2 is 1.90 bits per heavy atom. The van der Waals surface area contributed by atoms with Crippen molar-refractivity contribution in [3.8, 4) is 5.88 Å². The largest absolute Gasteiger partial charge is 0.473 e. The maximum Gasteiger partial charge on any atom is 0.416 e. The van der Waals surface area contributed by atoms with Gasteiger partial charge in [0.1, 0.15) is 11.2 Å². The van der Waals surface area contributed by atoms with Crippen molar-refractivity contribution in [3.05, 3.63) is 57.9 Å². The Kier molecular flexibility index (Phi) is 4.27. The van der Waals surface area contributed by atoms with E-state index in [1.54, 1.807) is 0 Å². The van der Waals surface area contributed by atoms with Crippen molar-refractivity contribution < 1.29 is 22.3 Å². The summed E-state index contributed by atoms with van der Waals surface area (Å²) in [7, 11) is 0. The zero-order valence-corrected chi connectivity index (χ0v) is 11.5. The Balaban J connectivity index is 2.09. The van der Waals surface area contributed by atoms with Gasteiger partial charge in [-0.15, -0.1) is 0 Å². The molecule has 20 heavy (non-hydrogen) atoms. The lowest BCUT2D eigenvalue weighted by atomic mass is 10.1. The molecular weight excluding hydrogens is 342 g/mol. The maximum absolute atomic E-state index is 13.0. The third kappa shape index (κ3) is 3.69. The highest BCUT2D eigenvalue weighted by Gasteiger charge is 2.30. The van der Waals surface area contributed by atoms with Crippen LogP contribution in [0.5, 0.6) is 5.88 Å². The number of aromatic nitrogens is 1. The second-order valence-corrected chi connectivity index (χ2v) is 4.66. The molecule has 7 heteroatoms. The fourth-order valence-electron chi connectivity index (χ4n) is 1.48. The highest BCUT2D eigenvalue weighted by molar-refractivity contribution is 9.10. The number of pyridine rings is 1. The quantitative estimate of drug-likeness (QED) is 0.597. The second-order valence-electron chi connectivity index (χ2n) is 3.91. The molecule has 1 aromatic carbocycles. The molecule has 0 aliphatic heterocycles. The Hall–Kier alpha value is -1.63. The van der Waals surface area contributed by atoms with Gasteiger partial charge in [0.15, 0.2) is 5.82 Å². The molecule has 0 aliphatic carbocycles. The number of alkyl halides is 3. The minimum Gasteiger partial charge on any atom is -0.473 e. The second kappa shape index (κ2) is 5.78. The standard InChI is InChI=1S/C13H8BrF4NO/c14-12-10(15)4-5-11(19-12)20-7-8-2-1-3-9(6-8)13(16,17)18/h1-6H,7H2. The summed E-state index contributed by atoms with van der Waals surface area (Å²) in [4.78, 5) is 3.76. The average molecular weight is 350 g/mol. The third-order valence-corrected chi connectivity index (χ3v) is 2.97. The van der Waals surface area contributed by atoms with E-state index in [-0.39, 0.29) is 17.1 Å². The number of nitrogens with zero attached hydrogens (tertiary/aromatic N) is 1. The number of benzene rings is 1. The smallest absolute Gasteiger partial charge is 0.416 e. The summed E-state index contributed by atoms with van der Waals surface area (Å²) in [5, 5.41) is 0. The maximum atomic E-state index is 13.0. The van der Waals surface area contributed by atoms with E-state index in [4.69, 9.17) is 4.74 Å². The molecule has 0 unspecified atom stereocenters. The molecule has 2 aromatic rings. The molecule has 0 radical (unpaired) electrons. The van der Waals surface area contributed by atoms with Gasteiger partial charge in [0.25, 0.3) is 0 Å². The van der Waals surface area contributed by atoms with E-state index in [0.717, 1.165) is 18.2 Å². The fraction of sp³-hybridized carbons (Fsp3) is 0.154. The molecule has 0 saturated heterocycles. The van der Waals surface area contributed by atoms with Crippen molar-refractivity contribution in [2.24, 2.45) is 0 Å². The SMILES string of the molecule is Fc1ccc(OCc2cccc(C(F)(F)F)c2)nc1Br. The van der Waals surface area contributed by atoms with Gasteiger partial charge >= 0.3 is 6.18 Å². The fourth-order valence-corrected chi connectivity index (χ4v) is 1.78. The lowest BCUT2D eigenvalue weighted by Gasteiger charge is -2.09. The molecule has 0 saturated carbocycles. The van der Waals surface area contributed by atoms with Crippen LogP contribution in [0.1, 0.15) is 11.1 Å². The van der Waals surface area contributed by atoms with Crippen molar-refractivity contribution in [1.82, 2.24) is 4.98 Å². The van der Waals surface area contributed by atoms with Crippen LogP contribution in [0, 0.1) is 5.82 Å². The zero-order valence-electron chi connectivity index (χ0n) is 9.92. The van der Waals surface area contributed by atoms with Crippen LogP contribution < -0.4 is 4.74 Å². The Labute approximate surface area is 120 Å². The number of rotatable bonds is 3. The predicted molar refractivity (Wildman–Crippen MR) is 67.7 cm³/mol. The van der Waals surface area contributed by atoms with E-state index in [0.29, 0.717) is 5.56 Å². The van der Waals surface area contributed by atoms with E-state index in [1.807, 2.05) is 0 Å². The molecule has 1 aromatic heterocycles. The summed E-state index contributed by atoms with van der Waals surface area (Å²) in [5.74, 6) is -0.424. The average Bonchev–Trinajstić information content (AvgIpc) is 2.39. The van der Waals surface area contributed by atoms with Crippen molar-refractivity contribution in [2.75, 3.05) is 0 Å². The van der Waals surface area contributed by atoms with Gasteiger partial charge in [-0.1, -0.05) is 12.1 Å². The highest BCUT2D eigenvalue weighted by atomic mass is 79.9. The highest BCUT2D eigenvalue weighted by Crippen LogP contribution is 2.29. The van der Waals surface area contributed by atoms with Crippen LogP contribution in [0.4, 0.5) is 17.6 Å². The van der Waals surface area contributed by atoms with Crippen LogP contribution >= 0.6 is 15.9 Å². The number of ether oxygens (including phenoxy) is 1. The number of hydrogen-bond acceptors (Lipinski definition) is 2. The van der Waals surface area contributed by atoms with Gasteiger partial charge in [-0.2, -0.15) is 13.2 Å². The Bertz CT molecular complexity index is 616. The molecule has 0 fully saturated rings. The lowest BCUT2D eigenvalue weighted by molar-refractivity contribution is -0.137. The van der Waals surface area contributed by atoms with E-state index in [1.165, 1.54) is 18.2 Å². The summed E-state index contributed by atoms with van der Waals surface area (Å²) >= 11 is 2.90. The molecule has 0 spiro atoms. The summed E-state index contributed by atoms with van der Waals surface area (Å²) in [6, 6.07) is 7.24. The molecule has 0 atom stereocenters. The first-order chi connectivity index (χ1) is 9.36. The molecule has 106 valence electrons. The first kappa shape index (κ1) is 14.8. The van der Waals surface area contributed by atoms with Crippen molar-refractivity contribution in [2.45, 2.75) is 12.8 Å². The monoisotopic (exact) mass is 349 g/mol. The first-order valence-electron chi connectivity index (χ1n) is 5.47. The summed E-state index contributed by atoms with van der Waals surface area (Å²) in [5.41, 5.74) is -0.395. The van der Waals surface area contributed by atoms with E-state index >= 15 is 0 Å². The number of halogens is 5. The van der Waals surface area contributed by atoms with Crippen LogP contribution in [0.2, 0.25) is 0 Å². The van der Waals surface area contributed by atoms with E-state index < -0.39 is 17.6 Å². The molecule has 2 rings (SSSR count). The van der Waals surface area contributed by atoms with Crippen LogP contribution in [0.3, 0.4) is 0 Å². The molecule has 0 bridgehead atoms. The molecular formula is C13H8BrF4NO. The first-order valence-corrected chi connectivity index (χ1v) is 6.26. The summed E-state index contributed by atoms with van der Waals surface area (Å²) < 4.78 is 55.7.